The van der Waals surface area contributed by atoms with Crippen LogP contribution < -0.4 is 15.6 Å². The zero-order chi connectivity index (χ0) is 22.8. The summed E-state index contributed by atoms with van der Waals surface area (Å²) in [5, 5.41) is 9.06. The van der Waals surface area contributed by atoms with Crippen molar-refractivity contribution in [2.45, 2.75) is 58.2 Å². The van der Waals surface area contributed by atoms with Crippen molar-refractivity contribution in [1.82, 2.24) is 24.6 Å². The molecule has 0 saturated carbocycles. The van der Waals surface area contributed by atoms with E-state index < -0.39 is 0 Å². The Labute approximate surface area is 197 Å². The Morgan fingerprint density at radius 1 is 1.30 bits per heavy atom. The number of nitrogens with zero attached hydrogens (tertiary/aromatic N) is 4. The Morgan fingerprint density at radius 3 is 3.03 bits per heavy atom. The predicted octanol–water partition coefficient (Wildman–Crippen LogP) is 4.10. The molecule has 7 nitrogen and oxygen atoms in total. The third kappa shape index (κ3) is 4.32. The highest BCUT2D eigenvalue weighted by atomic mass is 32.1. The molecule has 1 aromatic carbocycles. The number of hydrogen-bond acceptors (Lipinski definition) is 6. The lowest BCUT2D eigenvalue weighted by Gasteiger charge is -2.23. The smallest absolute Gasteiger partial charge is 0.262 e. The first kappa shape index (κ1) is 21.9. The first-order chi connectivity index (χ1) is 16.2. The van der Waals surface area contributed by atoms with Crippen molar-refractivity contribution >= 4 is 21.6 Å². The molecule has 0 fully saturated rings. The molecule has 0 amide bonds. The number of benzene rings is 1. The van der Waals surface area contributed by atoms with Crippen molar-refractivity contribution in [2.75, 3.05) is 7.11 Å². The Balaban J connectivity index is 1.28. The summed E-state index contributed by atoms with van der Waals surface area (Å²) in [5.74, 6) is 0.798. The number of aromatic nitrogens is 4. The largest absolute Gasteiger partial charge is 0.494 e. The molecule has 3 heterocycles. The van der Waals surface area contributed by atoms with Crippen LogP contribution in [0.2, 0.25) is 0 Å². The van der Waals surface area contributed by atoms with Gasteiger partial charge in [0.1, 0.15) is 16.3 Å². The number of thiophene rings is 1. The van der Waals surface area contributed by atoms with Gasteiger partial charge in [0.25, 0.3) is 5.56 Å². The van der Waals surface area contributed by atoms with Gasteiger partial charge < -0.3 is 10.1 Å². The molecule has 172 valence electrons. The van der Waals surface area contributed by atoms with E-state index in [2.05, 4.69) is 22.3 Å². The normalized spacial score (nSPS) is 15.6. The topological polar surface area (TPSA) is 74.0 Å². The average Bonchev–Trinajstić information content (AvgIpc) is 3.47. The van der Waals surface area contributed by atoms with Gasteiger partial charge in [-0.05, 0) is 43.4 Å². The molecule has 0 radical (unpaired) electrons. The van der Waals surface area contributed by atoms with E-state index >= 15 is 0 Å². The summed E-state index contributed by atoms with van der Waals surface area (Å²) in [4.78, 5) is 19.8. The minimum Gasteiger partial charge on any atom is -0.494 e. The van der Waals surface area contributed by atoms with Gasteiger partial charge in [-0.25, -0.2) is 9.67 Å². The van der Waals surface area contributed by atoms with Gasteiger partial charge in [-0.15, -0.1) is 11.3 Å². The van der Waals surface area contributed by atoms with Crippen molar-refractivity contribution in [3.05, 3.63) is 69.3 Å². The van der Waals surface area contributed by atoms with E-state index in [0.717, 1.165) is 72.4 Å². The van der Waals surface area contributed by atoms with Crippen LogP contribution in [0, 0.1) is 0 Å². The van der Waals surface area contributed by atoms with E-state index in [0.29, 0.717) is 6.04 Å². The highest BCUT2D eigenvalue weighted by Crippen LogP contribution is 2.33. The van der Waals surface area contributed by atoms with Gasteiger partial charge in [-0.1, -0.05) is 25.5 Å². The van der Waals surface area contributed by atoms with E-state index in [4.69, 9.17) is 4.74 Å². The van der Waals surface area contributed by atoms with Crippen LogP contribution in [0.1, 0.15) is 42.2 Å². The monoisotopic (exact) mass is 463 g/mol. The third-order valence-corrected chi connectivity index (χ3v) is 7.51. The Morgan fingerprint density at radius 2 is 2.18 bits per heavy atom. The first-order valence-corrected chi connectivity index (χ1v) is 12.4. The van der Waals surface area contributed by atoms with Gasteiger partial charge in [-0.2, -0.15) is 5.10 Å². The fourth-order valence-corrected chi connectivity index (χ4v) is 5.79. The minimum absolute atomic E-state index is 0.126. The number of hydrogen-bond donors (Lipinski definition) is 1. The molecule has 8 heteroatoms. The summed E-state index contributed by atoms with van der Waals surface area (Å²) in [7, 11) is 1.67. The number of aryl methyl sites for hydroxylation is 2. The van der Waals surface area contributed by atoms with Gasteiger partial charge in [0, 0.05) is 35.8 Å². The average molecular weight is 464 g/mol. The van der Waals surface area contributed by atoms with E-state index in [-0.39, 0.29) is 5.56 Å². The maximum absolute atomic E-state index is 13.0. The fraction of sp³-hybridized carbons (Fsp3) is 0.400. The van der Waals surface area contributed by atoms with Crippen LogP contribution in [-0.4, -0.2) is 32.5 Å². The van der Waals surface area contributed by atoms with Crippen molar-refractivity contribution in [2.24, 2.45) is 0 Å². The molecule has 0 saturated heterocycles. The summed E-state index contributed by atoms with van der Waals surface area (Å²) in [6, 6.07) is 8.25. The Bertz CT molecular complexity index is 1320. The summed E-state index contributed by atoms with van der Waals surface area (Å²) in [5.41, 5.74) is 3.40. The number of ether oxygens (including phenoxy) is 1. The molecule has 4 aromatic rings. The van der Waals surface area contributed by atoms with Crippen molar-refractivity contribution in [1.29, 1.82) is 0 Å². The van der Waals surface area contributed by atoms with Gasteiger partial charge in [0.15, 0.2) is 0 Å². The van der Waals surface area contributed by atoms with E-state index in [1.807, 2.05) is 41.3 Å². The summed E-state index contributed by atoms with van der Waals surface area (Å²) in [6.45, 7) is 3.64. The number of nitrogens with one attached hydrogen (secondary N) is 1. The molecule has 3 aromatic heterocycles. The molecule has 33 heavy (non-hydrogen) atoms. The molecule has 0 aliphatic heterocycles. The van der Waals surface area contributed by atoms with Crippen molar-refractivity contribution in [3.63, 3.8) is 0 Å². The van der Waals surface area contributed by atoms with Crippen LogP contribution in [0.3, 0.4) is 0 Å². The number of methoxy groups -OCH3 is 1. The first-order valence-electron chi connectivity index (χ1n) is 11.6. The van der Waals surface area contributed by atoms with Crippen LogP contribution in [0.25, 0.3) is 15.9 Å². The van der Waals surface area contributed by atoms with Gasteiger partial charge in [0.2, 0.25) is 0 Å². The minimum atomic E-state index is 0.126. The number of unbranched alkanes of at least 4 members (excludes halogenated alkanes) is 1. The van der Waals surface area contributed by atoms with Crippen LogP contribution in [0.4, 0.5) is 0 Å². The highest BCUT2D eigenvalue weighted by molar-refractivity contribution is 7.18. The van der Waals surface area contributed by atoms with Crippen molar-refractivity contribution < 1.29 is 4.74 Å². The van der Waals surface area contributed by atoms with Crippen LogP contribution in [0.5, 0.6) is 5.75 Å². The van der Waals surface area contributed by atoms with E-state index in [1.165, 1.54) is 10.4 Å². The molecule has 1 aliphatic carbocycles. The van der Waals surface area contributed by atoms with Crippen LogP contribution in [-0.2, 0) is 25.9 Å². The number of para-hydroxylation sites is 2. The van der Waals surface area contributed by atoms with Gasteiger partial charge in [0.05, 0.1) is 25.0 Å². The standard InChI is InChI=1S/C25H29N5O2S/c1-3-4-11-29-16-27-24-23(25(29)31)19-10-9-18(12-22(19)33-24)26-13-17-14-28-30(15-17)20-7-5-6-8-21(20)32-2/h5-8,14-16,18,26H,3-4,9-13H2,1-2H3/t18-/m0/s1. The number of fused-ring (bicyclic) bond motifs is 3. The van der Waals surface area contributed by atoms with Crippen LogP contribution >= 0.6 is 11.3 Å². The Hall–Kier alpha value is -2.97. The summed E-state index contributed by atoms with van der Waals surface area (Å²) < 4.78 is 9.09. The SMILES string of the molecule is CCCCn1cnc2sc3c(c2c1=O)CC[C@H](NCc1cnn(-c2ccccc2OC)c1)C3. The van der Waals surface area contributed by atoms with Crippen LogP contribution in [0.15, 0.2) is 47.8 Å². The lowest BCUT2D eigenvalue weighted by molar-refractivity contribution is 0.411. The van der Waals surface area contributed by atoms with E-state index in [9.17, 15) is 4.79 Å². The quantitative estimate of drug-likeness (QED) is 0.426. The third-order valence-electron chi connectivity index (χ3n) is 6.35. The maximum Gasteiger partial charge on any atom is 0.262 e. The molecule has 0 unspecified atom stereocenters. The molecule has 1 aliphatic rings. The lowest BCUT2D eigenvalue weighted by atomic mass is 9.93. The Kier molecular flexibility index (Phi) is 6.28. The molecular formula is C25H29N5O2S. The molecule has 0 spiro atoms. The predicted molar refractivity (Wildman–Crippen MR) is 132 cm³/mol. The summed E-state index contributed by atoms with van der Waals surface area (Å²) in [6.07, 6.45) is 10.6. The maximum atomic E-state index is 13.0. The second kappa shape index (κ2) is 9.49. The van der Waals surface area contributed by atoms with E-state index in [1.54, 1.807) is 29.3 Å². The molecule has 1 N–H and O–H groups in total. The van der Waals surface area contributed by atoms with Gasteiger partial charge in [-0.3, -0.25) is 9.36 Å². The molecule has 0 bridgehead atoms. The zero-order valence-electron chi connectivity index (χ0n) is 19.1. The molecular weight excluding hydrogens is 434 g/mol. The zero-order valence-corrected chi connectivity index (χ0v) is 19.9. The van der Waals surface area contributed by atoms with Gasteiger partial charge >= 0.3 is 0 Å². The summed E-state index contributed by atoms with van der Waals surface area (Å²) >= 11 is 1.68. The fourth-order valence-electron chi connectivity index (χ4n) is 4.53. The highest BCUT2D eigenvalue weighted by Gasteiger charge is 2.25. The second-order valence-corrected chi connectivity index (χ2v) is 9.65. The second-order valence-electron chi connectivity index (χ2n) is 8.57. The molecule has 1 atom stereocenters. The number of rotatable bonds is 8. The van der Waals surface area contributed by atoms with Crippen molar-refractivity contribution in [3.8, 4) is 11.4 Å². The molecule has 5 rings (SSSR count). The lowest BCUT2D eigenvalue weighted by Crippen LogP contribution is -2.33.